The zero-order valence-electron chi connectivity index (χ0n) is 10.6. The van der Waals surface area contributed by atoms with Crippen molar-refractivity contribution in [2.45, 2.75) is 4.90 Å². The number of nitrogens with two attached hydrogens (primary N) is 1. The Labute approximate surface area is 122 Å². The summed E-state index contributed by atoms with van der Waals surface area (Å²) >= 11 is 4.84. The number of hydrogen-bond donors (Lipinski definition) is 1. The highest BCUT2D eigenvalue weighted by molar-refractivity contribution is 7.93. The van der Waals surface area contributed by atoms with Gasteiger partial charge in [-0.3, -0.25) is 14.3 Å². The van der Waals surface area contributed by atoms with E-state index in [2.05, 4.69) is 9.97 Å². The molecule has 8 heteroatoms. The highest BCUT2D eigenvalue weighted by atomic mass is 32.2. The minimum absolute atomic E-state index is 0.0288. The Morgan fingerprint density at radius 2 is 2.00 bits per heavy atom. The monoisotopic (exact) mass is 308 g/mol. The average Bonchev–Trinajstić information content (AvgIpc) is 2.47. The molecule has 0 bridgehead atoms. The predicted octanol–water partition coefficient (Wildman–Crippen LogP) is 0.936. The predicted molar refractivity (Wildman–Crippen MR) is 80.0 cm³/mol. The van der Waals surface area contributed by atoms with Gasteiger partial charge in [-0.05, 0) is 24.3 Å². The van der Waals surface area contributed by atoms with Crippen molar-refractivity contribution < 1.29 is 8.42 Å². The molecule has 0 saturated carbocycles. The van der Waals surface area contributed by atoms with E-state index in [1.807, 2.05) is 0 Å². The van der Waals surface area contributed by atoms with Gasteiger partial charge in [-0.2, -0.15) is 0 Å². The number of anilines is 1. The summed E-state index contributed by atoms with van der Waals surface area (Å²) in [6.45, 7) is 0. The number of thiocarbonyl (C=S) groups is 1. The van der Waals surface area contributed by atoms with Crippen molar-refractivity contribution >= 4 is 32.9 Å². The van der Waals surface area contributed by atoms with Crippen molar-refractivity contribution in [1.82, 2.24) is 9.97 Å². The maximum Gasteiger partial charge on any atom is 0.266 e. The standard InChI is InChI=1S/C12H12N4O2S2/c1-16(9-4-2-6-14-8-9)20(17,18)10-5-3-7-15-11(10)12(13)19/h2-8H,1H3,(H2,13,19). The lowest BCUT2D eigenvalue weighted by Gasteiger charge is -2.20. The lowest BCUT2D eigenvalue weighted by atomic mass is 10.3. The largest absolute Gasteiger partial charge is 0.388 e. The Morgan fingerprint density at radius 3 is 2.60 bits per heavy atom. The molecular formula is C12H12N4O2S2. The van der Waals surface area contributed by atoms with Crippen LogP contribution in [-0.2, 0) is 10.0 Å². The van der Waals surface area contributed by atoms with Crippen LogP contribution in [0, 0.1) is 0 Å². The van der Waals surface area contributed by atoms with Crippen LogP contribution in [0.4, 0.5) is 5.69 Å². The first-order valence-corrected chi connectivity index (χ1v) is 7.43. The Bertz CT molecular complexity index is 732. The van der Waals surface area contributed by atoms with Crippen LogP contribution >= 0.6 is 12.2 Å². The summed E-state index contributed by atoms with van der Waals surface area (Å²) in [5, 5.41) is 0. The molecule has 0 unspecified atom stereocenters. The number of rotatable bonds is 4. The molecule has 2 aromatic heterocycles. The van der Waals surface area contributed by atoms with Crippen LogP contribution < -0.4 is 10.0 Å². The molecule has 0 saturated heterocycles. The number of aromatic nitrogens is 2. The van der Waals surface area contributed by atoms with Gasteiger partial charge >= 0.3 is 0 Å². The maximum absolute atomic E-state index is 12.6. The second-order valence-electron chi connectivity index (χ2n) is 3.90. The molecule has 0 aromatic carbocycles. The minimum Gasteiger partial charge on any atom is -0.388 e. The topological polar surface area (TPSA) is 89.2 Å². The highest BCUT2D eigenvalue weighted by Gasteiger charge is 2.25. The van der Waals surface area contributed by atoms with Crippen molar-refractivity contribution in [3.8, 4) is 0 Å². The number of sulfonamides is 1. The van der Waals surface area contributed by atoms with Crippen LogP contribution in [0.15, 0.2) is 47.8 Å². The van der Waals surface area contributed by atoms with Crippen LogP contribution in [-0.4, -0.2) is 30.4 Å². The minimum atomic E-state index is -3.80. The normalized spacial score (nSPS) is 11.1. The molecule has 20 heavy (non-hydrogen) atoms. The van der Waals surface area contributed by atoms with Gasteiger partial charge in [-0.15, -0.1) is 0 Å². The van der Waals surface area contributed by atoms with E-state index in [0.29, 0.717) is 5.69 Å². The fourth-order valence-corrected chi connectivity index (χ4v) is 3.18. The first-order chi connectivity index (χ1) is 9.44. The van der Waals surface area contributed by atoms with Crippen LogP contribution in [0.3, 0.4) is 0 Å². The van der Waals surface area contributed by atoms with Crippen LogP contribution in [0.5, 0.6) is 0 Å². The summed E-state index contributed by atoms with van der Waals surface area (Å²) in [6, 6.07) is 6.23. The van der Waals surface area contributed by atoms with Crippen LogP contribution in [0.1, 0.15) is 5.69 Å². The Balaban J connectivity index is 2.54. The van der Waals surface area contributed by atoms with Gasteiger partial charge in [0.25, 0.3) is 10.0 Å². The second-order valence-corrected chi connectivity index (χ2v) is 6.28. The second kappa shape index (κ2) is 5.51. The summed E-state index contributed by atoms with van der Waals surface area (Å²) in [4.78, 5) is 7.74. The SMILES string of the molecule is CN(c1cccnc1)S(=O)(=O)c1cccnc1C(N)=S. The molecule has 2 N–H and O–H groups in total. The zero-order chi connectivity index (χ0) is 14.8. The van der Waals surface area contributed by atoms with E-state index < -0.39 is 10.0 Å². The van der Waals surface area contributed by atoms with Crippen LogP contribution in [0.25, 0.3) is 0 Å². The fraction of sp³-hybridized carbons (Fsp3) is 0.0833. The first kappa shape index (κ1) is 14.4. The van der Waals surface area contributed by atoms with E-state index in [-0.39, 0.29) is 15.6 Å². The molecule has 2 heterocycles. The van der Waals surface area contributed by atoms with E-state index in [1.54, 1.807) is 18.3 Å². The summed E-state index contributed by atoms with van der Waals surface area (Å²) in [5.41, 5.74) is 6.04. The van der Waals surface area contributed by atoms with Crippen molar-refractivity contribution in [3.63, 3.8) is 0 Å². The molecule has 0 aliphatic heterocycles. The van der Waals surface area contributed by atoms with Gasteiger partial charge in [0.15, 0.2) is 0 Å². The number of hydrogen-bond acceptors (Lipinski definition) is 5. The van der Waals surface area contributed by atoms with Gasteiger partial charge in [-0.25, -0.2) is 8.42 Å². The summed E-state index contributed by atoms with van der Waals surface area (Å²) < 4.78 is 26.3. The molecule has 104 valence electrons. The van der Waals surface area contributed by atoms with E-state index in [4.69, 9.17) is 18.0 Å². The van der Waals surface area contributed by atoms with Crippen molar-refractivity contribution in [2.75, 3.05) is 11.4 Å². The van der Waals surface area contributed by atoms with Crippen molar-refractivity contribution in [1.29, 1.82) is 0 Å². The quantitative estimate of drug-likeness (QED) is 0.845. The van der Waals surface area contributed by atoms with Gasteiger partial charge in [-0.1, -0.05) is 12.2 Å². The Morgan fingerprint density at radius 1 is 1.30 bits per heavy atom. The van der Waals surface area contributed by atoms with Gasteiger partial charge in [0.05, 0.1) is 11.9 Å². The lowest BCUT2D eigenvalue weighted by molar-refractivity contribution is 0.593. The summed E-state index contributed by atoms with van der Waals surface area (Å²) in [6.07, 6.45) is 4.46. The average molecular weight is 308 g/mol. The third-order valence-electron chi connectivity index (χ3n) is 2.65. The third-order valence-corrected chi connectivity index (χ3v) is 4.66. The first-order valence-electron chi connectivity index (χ1n) is 5.58. The van der Waals surface area contributed by atoms with Gasteiger partial charge in [0, 0.05) is 19.4 Å². The molecule has 0 amide bonds. The van der Waals surface area contributed by atoms with Gasteiger partial charge < -0.3 is 5.73 Å². The molecule has 0 spiro atoms. The molecule has 0 fully saturated rings. The molecule has 2 aromatic rings. The Kier molecular flexibility index (Phi) is 3.96. The third kappa shape index (κ3) is 2.61. The summed E-state index contributed by atoms with van der Waals surface area (Å²) in [7, 11) is -2.37. The molecule has 6 nitrogen and oxygen atoms in total. The molecule has 0 radical (unpaired) electrons. The maximum atomic E-state index is 12.6. The van der Waals surface area contributed by atoms with Crippen molar-refractivity contribution in [3.05, 3.63) is 48.5 Å². The number of nitrogens with zero attached hydrogens (tertiary/aromatic N) is 3. The van der Waals surface area contributed by atoms with Crippen molar-refractivity contribution in [2.24, 2.45) is 5.73 Å². The van der Waals surface area contributed by atoms with E-state index in [9.17, 15) is 8.42 Å². The zero-order valence-corrected chi connectivity index (χ0v) is 12.2. The molecule has 0 atom stereocenters. The van der Waals surface area contributed by atoms with Gasteiger partial charge in [0.2, 0.25) is 0 Å². The smallest absolute Gasteiger partial charge is 0.266 e. The number of pyridine rings is 2. The molecule has 2 rings (SSSR count). The summed E-state index contributed by atoms with van der Waals surface area (Å²) in [5.74, 6) is 0. The lowest BCUT2D eigenvalue weighted by Crippen LogP contribution is -2.29. The van der Waals surface area contributed by atoms with Gasteiger partial charge in [0.1, 0.15) is 15.6 Å². The molecule has 0 aliphatic rings. The fourth-order valence-electron chi connectivity index (χ4n) is 1.61. The van der Waals surface area contributed by atoms with E-state index in [1.165, 1.54) is 31.6 Å². The Hall–Kier alpha value is -2.06. The van der Waals surface area contributed by atoms with E-state index in [0.717, 1.165) is 4.31 Å². The highest BCUT2D eigenvalue weighted by Crippen LogP contribution is 2.22. The van der Waals surface area contributed by atoms with E-state index >= 15 is 0 Å². The molecule has 0 aliphatic carbocycles. The molecular weight excluding hydrogens is 296 g/mol. The van der Waals surface area contributed by atoms with Crippen LogP contribution in [0.2, 0.25) is 0 Å².